The van der Waals surface area contributed by atoms with Crippen molar-refractivity contribution in [2.75, 3.05) is 6.61 Å². The number of carbonyl (C=O) groups excluding carboxylic acids is 3. The van der Waals surface area contributed by atoms with Crippen LogP contribution in [0.3, 0.4) is 0 Å². The van der Waals surface area contributed by atoms with Crippen LogP contribution < -0.4 is 0 Å². The first-order valence-corrected chi connectivity index (χ1v) is 11.4. The molecule has 5 nitrogen and oxygen atoms in total. The summed E-state index contributed by atoms with van der Waals surface area (Å²) in [6.07, 6.45) is 4.00. The molecule has 4 aliphatic rings. The van der Waals surface area contributed by atoms with Crippen molar-refractivity contribution in [2.24, 2.45) is 22.7 Å². The van der Waals surface area contributed by atoms with Crippen LogP contribution in [0.2, 0.25) is 0 Å². The van der Waals surface area contributed by atoms with Crippen LogP contribution in [-0.2, 0) is 19.1 Å². The number of Topliss-reactive ketones (excluding diaryl/α,β-unsaturated/α-hetero) is 1. The van der Waals surface area contributed by atoms with Crippen LogP contribution in [0.5, 0.6) is 0 Å². The molecule has 0 aliphatic heterocycles. The Labute approximate surface area is 191 Å². The van der Waals surface area contributed by atoms with Crippen molar-refractivity contribution >= 4 is 40.7 Å². The summed E-state index contributed by atoms with van der Waals surface area (Å²) in [4.78, 5) is 35.0. The second kappa shape index (κ2) is 7.13. The second-order valence-corrected chi connectivity index (χ2v) is 11.1. The number of allylic oxidation sites excluding steroid dienone is 4. The summed E-state index contributed by atoms with van der Waals surface area (Å²) in [6.45, 7) is 4.31. The Morgan fingerprint density at radius 2 is 2.00 bits per heavy atom. The van der Waals surface area contributed by atoms with Crippen molar-refractivity contribution in [2.45, 2.75) is 68.5 Å². The van der Waals surface area contributed by atoms with E-state index in [1.54, 1.807) is 6.08 Å². The molecule has 170 valence electrons. The zero-order valence-corrected chi connectivity index (χ0v) is 19.3. The van der Waals surface area contributed by atoms with E-state index in [1.807, 2.05) is 13.8 Å². The summed E-state index contributed by atoms with van der Waals surface area (Å²) >= 11 is 14.3. The van der Waals surface area contributed by atoms with E-state index in [0.717, 1.165) is 0 Å². The van der Waals surface area contributed by atoms with Gasteiger partial charge in [-0.1, -0.05) is 19.9 Å². The lowest BCUT2D eigenvalue weighted by Crippen LogP contribution is -2.68. The Kier molecular flexibility index (Phi) is 5.27. The summed E-state index contributed by atoms with van der Waals surface area (Å²) in [6, 6.07) is 0. The van der Waals surface area contributed by atoms with E-state index in [2.05, 4.69) is 0 Å². The van der Waals surface area contributed by atoms with E-state index in [-0.39, 0.29) is 31.0 Å². The molecule has 4 aliphatic carbocycles. The van der Waals surface area contributed by atoms with Gasteiger partial charge in [0.15, 0.2) is 12.4 Å². The van der Waals surface area contributed by atoms with Crippen LogP contribution in [0, 0.1) is 22.7 Å². The monoisotopic (exact) mass is 472 g/mol. The van der Waals surface area contributed by atoms with Gasteiger partial charge < -0.3 is 9.84 Å². The van der Waals surface area contributed by atoms with Crippen LogP contribution >= 0.6 is 23.2 Å². The molecule has 0 aromatic rings. The number of halogens is 3. The van der Waals surface area contributed by atoms with Crippen molar-refractivity contribution < 1.29 is 28.6 Å². The van der Waals surface area contributed by atoms with Gasteiger partial charge in [0.25, 0.3) is 0 Å². The third kappa shape index (κ3) is 2.87. The molecular formula is C23H27Cl2FO5. The molecule has 0 radical (unpaired) electrons. The summed E-state index contributed by atoms with van der Waals surface area (Å²) in [5.74, 6) is -2.11. The van der Waals surface area contributed by atoms with Crippen LogP contribution in [0.4, 0.5) is 4.39 Å². The average molecular weight is 473 g/mol. The number of hydrogen-bond donors (Lipinski definition) is 1. The average Bonchev–Trinajstić information content (AvgIpc) is 2.96. The SMILES string of the molecule is CC(=O)OCC(=O)[C@@]1(O)CC[C@H]2[C@@H]3CC(F)C4=CC(=O)C=C[C@]4(C)[C@@]3(Cl)C(Cl)C[C@@]21C. The first-order valence-electron chi connectivity index (χ1n) is 10.6. The summed E-state index contributed by atoms with van der Waals surface area (Å²) < 4.78 is 20.3. The predicted octanol–water partition coefficient (Wildman–Crippen LogP) is 3.68. The fourth-order valence-electron chi connectivity index (χ4n) is 6.89. The first kappa shape index (κ1) is 22.9. The van der Waals surface area contributed by atoms with E-state index < -0.39 is 57.1 Å². The standard InChI is InChI=1S/C23H27Cl2FO5/c1-12(27)31-11-19(29)22(30)7-5-14-15-9-17(26)16-8-13(28)4-6-20(16,2)23(15,25)18(24)10-21(14,22)3/h4,6,8,14-15,17-18,30H,5,7,9-11H2,1-3H3/t14-,15-,17?,18?,20-,21-,22-,23-/m0/s1. The van der Waals surface area contributed by atoms with Gasteiger partial charge in [0.05, 0.1) is 10.3 Å². The number of alkyl halides is 3. The highest BCUT2D eigenvalue weighted by Crippen LogP contribution is 2.71. The highest BCUT2D eigenvalue weighted by molar-refractivity contribution is 6.34. The lowest BCUT2D eigenvalue weighted by molar-refractivity contribution is -0.167. The normalized spacial score (nSPS) is 48.4. The molecule has 0 heterocycles. The van der Waals surface area contributed by atoms with Crippen molar-refractivity contribution in [3.63, 3.8) is 0 Å². The van der Waals surface area contributed by atoms with Crippen LogP contribution in [-0.4, -0.2) is 51.3 Å². The zero-order valence-electron chi connectivity index (χ0n) is 17.8. The Morgan fingerprint density at radius 3 is 2.65 bits per heavy atom. The summed E-state index contributed by atoms with van der Waals surface area (Å²) in [7, 11) is 0. The highest BCUT2D eigenvalue weighted by Gasteiger charge is 2.73. The summed E-state index contributed by atoms with van der Waals surface area (Å²) in [5, 5.41) is 10.8. The number of carbonyl (C=O) groups is 3. The Balaban J connectivity index is 1.75. The number of hydrogen-bond acceptors (Lipinski definition) is 5. The molecule has 3 fully saturated rings. The molecule has 8 heteroatoms. The minimum absolute atomic E-state index is 0.0732. The summed E-state index contributed by atoms with van der Waals surface area (Å²) in [5.41, 5.74) is -3.29. The third-order valence-corrected chi connectivity index (χ3v) is 10.2. The quantitative estimate of drug-likeness (QED) is 0.500. The van der Waals surface area contributed by atoms with Gasteiger partial charge in [0.2, 0.25) is 5.78 Å². The molecule has 8 atom stereocenters. The molecule has 1 N–H and O–H groups in total. The number of rotatable bonds is 3. The lowest BCUT2D eigenvalue weighted by atomic mass is 9.46. The molecule has 0 amide bonds. The van der Waals surface area contributed by atoms with Gasteiger partial charge in [-0.05, 0) is 55.2 Å². The van der Waals surface area contributed by atoms with Crippen LogP contribution in [0.25, 0.3) is 0 Å². The Bertz CT molecular complexity index is 918. The minimum Gasteiger partial charge on any atom is -0.458 e. The molecule has 0 spiro atoms. The Hall–Kier alpha value is -1.24. The number of esters is 1. The van der Waals surface area contributed by atoms with Crippen LogP contribution in [0.15, 0.2) is 23.8 Å². The highest BCUT2D eigenvalue weighted by atomic mass is 35.5. The lowest BCUT2D eigenvalue weighted by Gasteiger charge is -2.64. The molecular weight excluding hydrogens is 446 g/mol. The molecule has 0 aromatic heterocycles. The first-order chi connectivity index (χ1) is 14.3. The molecule has 4 rings (SSSR count). The van der Waals surface area contributed by atoms with E-state index in [4.69, 9.17) is 27.9 Å². The van der Waals surface area contributed by atoms with E-state index in [0.29, 0.717) is 12.0 Å². The topological polar surface area (TPSA) is 80.7 Å². The fraction of sp³-hybridized carbons (Fsp3) is 0.696. The molecule has 31 heavy (non-hydrogen) atoms. The predicted molar refractivity (Wildman–Crippen MR) is 114 cm³/mol. The second-order valence-electron chi connectivity index (χ2n) is 9.91. The molecule has 0 saturated heterocycles. The zero-order chi connectivity index (χ0) is 23.0. The molecule has 0 bridgehead atoms. The van der Waals surface area contributed by atoms with Gasteiger partial charge in [-0.3, -0.25) is 14.4 Å². The maximum Gasteiger partial charge on any atom is 0.303 e. The van der Waals surface area contributed by atoms with E-state index >= 15 is 4.39 Å². The number of aliphatic hydroxyl groups is 1. The van der Waals surface area contributed by atoms with Crippen molar-refractivity contribution in [1.29, 1.82) is 0 Å². The van der Waals surface area contributed by atoms with E-state index in [9.17, 15) is 19.5 Å². The van der Waals surface area contributed by atoms with Crippen molar-refractivity contribution in [1.82, 2.24) is 0 Å². The fourth-order valence-corrected chi connectivity index (χ4v) is 8.09. The molecule has 3 saturated carbocycles. The van der Waals surface area contributed by atoms with Gasteiger partial charge >= 0.3 is 5.97 Å². The minimum atomic E-state index is -1.74. The maximum absolute atomic E-state index is 15.4. The number of ketones is 2. The third-order valence-electron chi connectivity index (χ3n) is 8.61. The van der Waals surface area contributed by atoms with Crippen molar-refractivity contribution in [3.05, 3.63) is 23.8 Å². The molecule has 0 aromatic carbocycles. The van der Waals surface area contributed by atoms with Crippen LogP contribution in [0.1, 0.15) is 46.5 Å². The smallest absolute Gasteiger partial charge is 0.303 e. The van der Waals surface area contributed by atoms with Gasteiger partial charge in [0.1, 0.15) is 11.8 Å². The van der Waals surface area contributed by atoms with Crippen molar-refractivity contribution in [3.8, 4) is 0 Å². The van der Waals surface area contributed by atoms with Gasteiger partial charge in [0, 0.05) is 17.8 Å². The van der Waals surface area contributed by atoms with E-state index in [1.165, 1.54) is 19.1 Å². The molecule has 2 unspecified atom stereocenters. The Morgan fingerprint density at radius 1 is 1.32 bits per heavy atom. The number of fused-ring (bicyclic) bond motifs is 5. The largest absolute Gasteiger partial charge is 0.458 e. The van der Waals surface area contributed by atoms with Gasteiger partial charge in [-0.15, -0.1) is 23.2 Å². The van der Waals surface area contributed by atoms with Gasteiger partial charge in [-0.25, -0.2) is 4.39 Å². The van der Waals surface area contributed by atoms with Gasteiger partial charge in [-0.2, -0.15) is 0 Å². The maximum atomic E-state index is 15.4. The number of ether oxygens (including phenoxy) is 1.